The molecule has 1 atom stereocenters. The van der Waals surface area contributed by atoms with Gasteiger partial charge in [0.05, 0.1) is 6.20 Å². The number of hydrogen-bond donors (Lipinski definition) is 2. The zero-order valence-corrected chi connectivity index (χ0v) is 15.6. The van der Waals surface area contributed by atoms with Crippen molar-refractivity contribution in [2.45, 2.75) is 26.7 Å². The Kier molecular flexibility index (Phi) is 5.86. The zero-order chi connectivity index (χ0) is 20.1. The molecule has 0 saturated heterocycles. The highest BCUT2D eigenvalue weighted by atomic mass is 16.5. The second-order valence-corrected chi connectivity index (χ2v) is 6.30. The molecular weight excluding hydrogens is 358 g/mol. The van der Waals surface area contributed by atoms with Crippen molar-refractivity contribution in [3.63, 3.8) is 0 Å². The first-order chi connectivity index (χ1) is 13.5. The lowest BCUT2D eigenvalue weighted by Crippen LogP contribution is -2.30. The molecule has 0 saturated carbocycles. The van der Waals surface area contributed by atoms with Crippen LogP contribution in [0.2, 0.25) is 0 Å². The van der Waals surface area contributed by atoms with Gasteiger partial charge in [0, 0.05) is 5.56 Å². The number of rotatable bonds is 5. The predicted octanol–water partition coefficient (Wildman–Crippen LogP) is 3.48. The molecule has 144 valence electrons. The second kappa shape index (κ2) is 8.49. The Morgan fingerprint density at radius 2 is 1.86 bits per heavy atom. The number of benzene rings is 2. The Hall–Kier alpha value is -3.45. The van der Waals surface area contributed by atoms with Crippen LogP contribution in [0.4, 0.5) is 10.5 Å². The summed E-state index contributed by atoms with van der Waals surface area (Å²) in [5, 5.41) is 12.5. The van der Waals surface area contributed by atoms with Crippen molar-refractivity contribution in [1.82, 2.24) is 9.55 Å². The van der Waals surface area contributed by atoms with E-state index in [0.29, 0.717) is 5.82 Å². The van der Waals surface area contributed by atoms with E-state index >= 15 is 0 Å². The van der Waals surface area contributed by atoms with Gasteiger partial charge in [-0.05, 0) is 25.0 Å². The summed E-state index contributed by atoms with van der Waals surface area (Å²) < 4.78 is 6.27. The van der Waals surface area contributed by atoms with Gasteiger partial charge in [-0.2, -0.15) is 0 Å². The van der Waals surface area contributed by atoms with Gasteiger partial charge in [0.2, 0.25) is 0 Å². The average Bonchev–Trinajstić information content (AvgIpc) is 2.69. The van der Waals surface area contributed by atoms with E-state index in [2.05, 4.69) is 10.3 Å². The van der Waals surface area contributed by atoms with Crippen molar-refractivity contribution >= 4 is 11.8 Å². The quantitative estimate of drug-likeness (QED) is 0.708. The fraction of sp³-hybridized carbons (Fsp3) is 0.190. The van der Waals surface area contributed by atoms with Gasteiger partial charge in [0.1, 0.15) is 24.3 Å². The summed E-state index contributed by atoms with van der Waals surface area (Å²) in [5.41, 5.74) is 1.81. The van der Waals surface area contributed by atoms with E-state index in [1.54, 1.807) is 0 Å². The van der Waals surface area contributed by atoms with E-state index in [1.807, 2.05) is 61.5 Å². The summed E-state index contributed by atoms with van der Waals surface area (Å²) in [4.78, 5) is 29.2. The van der Waals surface area contributed by atoms with E-state index < -0.39 is 17.9 Å². The van der Waals surface area contributed by atoms with Crippen molar-refractivity contribution in [1.29, 1.82) is 0 Å². The van der Waals surface area contributed by atoms with Crippen molar-refractivity contribution in [2.24, 2.45) is 0 Å². The van der Waals surface area contributed by atoms with Crippen molar-refractivity contribution < 1.29 is 14.6 Å². The van der Waals surface area contributed by atoms with Crippen LogP contribution >= 0.6 is 0 Å². The number of aliphatic hydroxyl groups is 1. The maximum Gasteiger partial charge on any atom is 0.412 e. The molecule has 7 nitrogen and oxygen atoms in total. The molecule has 1 aromatic heterocycles. The number of nitrogens with one attached hydrogen (secondary N) is 1. The summed E-state index contributed by atoms with van der Waals surface area (Å²) >= 11 is 0. The monoisotopic (exact) mass is 379 g/mol. The Labute approximate surface area is 162 Å². The summed E-state index contributed by atoms with van der Waals surface area (Å²) in [6.45, 7) is 3.43. The number of ether oxygens (including phenoxy) is 1. The number of anilines is 1. The molecule has 0 spiro atoms. The van der Waals surface area contributed by atoms with Gasteiger partial charge < -0.3 is 9.84 Å². The first kappa shape index (κ1) is 19.3. The molecule has 0 radical (unpaired) electrons. The number of nitrogens with zero attached hydrogens (tertiary/aromatic N) is 2. The normalized spacial score (nSPS) is 11.7. The van der Waals surface area contributed by atoms with Crippen LogP contribution in [0.15, 0.2) is 65.6 Å². The molecule has 2 N–H and O–H groups in total. The predicted molar refractivity (Wildman–Crippen MR) is 106 cm³/mol. The van der Waals surface area contributed by atoms with Gasteiger partial charge in [-0.1, -0.05) is 54.6 Å². The van der Waals surface area contributed by atoms with Crippen LogP contribution in [0.25, 0.3) is 11.4 Å². The molecular formula is C21H21N3O4. The minimum absolute atomic E-state index is 0.0729. The maximum absolute atomic E-state index is 12.8. The first-order valence-corrected chi connectivity index (χ1v) is 8.80. The van der Waals surface area contributed by atoms with Crippen molar-refractivity contribution in [3.8, 4) is 11.4 Å². The second-order valence-electron chi connectivity index (χ2n) is 6.30. The van der Waals surface area contributed by atoms with Crippen LogP contribution in [0, 0.1) is 6.92 Å². The van der Waals surface area contributed by atoms with Gasteiger partial charge in [-0.15, -0.1) is 0 Å². The number of aryl methyl sites for hydroxylation is 1. The lowest BCUT2D eigenvalue weighted by molar-refractivity contribution is 0.121. The molecule has 0 aliphatic heterocycles. The van der Waals surface area contributed by atoms with E-state index in [4.69, 9.17) is 4.74 Å². The molecule has 0 fully saturated rings. The van der Waals surface area contributed by atoms with Crippen LogP contribution in [0.3, 0.4) is 0 Å². The third-order valence-electron chi connectivity index (χ3n) is 4.20. The number of carbonyl (C=O) groups excluding carboxylic acids is 1. The highest BCUT2D eigenvalue weighted by molar-refractivity contribution is 5.84. The topological polar surface area (TPSA) is 93.5 Å². The Bertz CT molecular complexity index is 1030. The minimum atomic E-state index is -1.13. The first-order valence-electron chi connectivity index (χ1n) is 8.80. The van der Waals surface area contributed by atoms with Crippen LogP contribution < -0.4 is 10.9 Å². The lowest BCUT2D eigenvalue weighted by Gasteiger charge is -2.17. The van der Waals surface area contributed by atoms with Crippen LogP contribution in [0.5, 0.6) is 0 Å². The molecule has 1 unspecified atom stereocenters. The van der Waals surface area contributed by atoms with Crippen LogP contribution in [-0.2, 0) is 11.3 Å². The standard InChI is InChI=1S/C21H21N3O4/c1-14-8-6-7-11-17(14)19-22-12-18(20(26)24(19)15(2)25)23-21(27)28-13-16-9-4-3-5-10-16/h3-12,15,25H,13H2,1-2H3,(H,23,27). The molecule has 0 aliphatic rings. The summed E-state index contributed by atoms with van der Waals surface area (Å²) in [5.74, 6) is 0.321. The molecule has 1 heterocycles. The number of aromatic nitrogens is 2. The van der Waals surface area contributed by atoms with Crippen LogP contribution in [0.1, 0.15) is 24.3 Å². The smallest absolute Gasteiger partial charge is 0.412 e. The third kappa shape index (κ3) is 4.27. The third-order valence-corrected chi connectivity index (χ3v) is 4.20. The lowest BCUT2D eigenvalue weighted by atomic mass is 10.1. The highest BCUT2D eigenvalue weighted by Gasteiger charge is 2.18. The molecule has 0 aliphatic carbocycles. The Morgan fingerprint density at radius 1 is 1.18 bits per heavy atom. The van der Waals surface area contributed by atoms with Gasteiger partial charge >= 0.3 is 6.09 Å². The number of aliphatic hydroxyl groups excluding tert-OH is 1. The summed E-state index contributed by atoms with van der Waals surface area (Å²) in [6, 6.07) is 16.6. The summed E-state index contributed by atoms with van der Waals surface area (Å²) in [7, 11) is 0. The van der Waals surface area contributed by atoms with Crippen molar-refractivity contribution in [2.75, 3.05) is 5.32 Å². The average molecular weight is 379 g/mol. The zero-order valence-electron chi connectivity index (χ0n) is 15.6. The SMILES string of the molecule is Cc1ccccc1-c1ncc(NC(=O)OCc2ccccc2)c(=O)n1C(C)O. The van der Waals surface area contributed by atoms with E-state index in [9.17, 15) is 14.7 Å². The van der Waals surface area contributed by atoms with E-state index in [1.165, 1.54) is 13.1 Å². The van der Waals surface area contributed by atoms with Gasteiger partial charge in [-0.3, -0.25) is 14.7 Å². The van der Waals surface area contributed by atoms with Gasteiger partial charge in [0.15, 0.2) is 0 Å². The molecule has 1 amide bonds. The van der Waals surface area contributed by atoms with E-state index in [0.717, 1.165) is 21.3 Å². The fourth-order valence-electron chi connectivity index (χ4n) is 2.79. The number of carbonyl (C=O) groups is 1. The summed E-state index contributed by atoms with van der Waals surface area (Å²) in [6.07, 6.45) is -0.632. The van der Waals surface area contributed by atoms with Crippen molar-refractivity contribution in [3.05, 3.63) is 82.3 Å². The highest BCUT2D eigenvalue weighted by Crippen LogP contribution is 2.22. The fourth-order valence-corrected chi connectivity index (χ4v) is 2.79. The maximum atomic E-state index is 12.8. The Balaban J connectivity index is 1.85. The molecule has 3 rings (SSSR count). The number of amides is 1. The van der Waals surface area contributed by atoms with Gasteiger partial charge in [0.25, 0.3) is 5.56 Å². The molecule has 7 heteroatoms. The van der Waals surface area contributed by atoms with Crippen LogP contribution in [-0.4, -0.2) is 20.8 Å². The molecule has 3 aromatic rings. The number of hydrogen-bond acceptors (Lipinski definition) is 5. The molecule has 0 bridgehead atoms. The molecule has 2 aromatic carbocycles. The van der Waals surface area contributed by atoms with Gasteiger partial charge in [-0.25, -0.2) is 9.78 Å². The minimum Gasteiger partial charge on any atom is -0.444 e. The largest absolute Gasteiger partial charge is 0.444 e. The Morgan fingerprint density at radius 3 is 2.54 bits per heavy atom. The van der Waals surface area contributed by atoms with E-state index in [-0.39, 0.29) is 12.3 Å². The molecule has 28 heavy (non-hydrogen) atoms.